The van der Waals surface area contributed by atoms with Gasteiger partial charge in [-0.25, -0.2) is 0 Å². The third-order valence-corrected chi connectivity index (χ3v) is 3.53. The van der Waals surface area contributed by atoms with Gasteiger partial charge in [-0.05, 0) is 29.9 Å². The second-order valence-electron chi connectivity index (χ2n) is 3.49. The summed E-state index contributed by atoms with van der Waals surface area (Å²) in [5.74, 6) is 0.560. The maximum absolute atomic E-state index is 5.88. The molecule has 0 heterocycles. The smallest absolute Gasteiger partial charge is 0.0455 e. The van der Waals surface area contributed by atoms with Crippen LogP contribution in [-0.4, -0.2) is 0 Å². The van der Waals surface area contributed by atoms with Crippen LogP contribution >= 0.6 is 11.8 Å². The number of hydrogen-bond donors (Lipinski definition) is 1. The van der Waals surface area contributed by atoms with E-state index in [0.29, 0.717) is 5.92 Å². The number of para-hydroxylation sites is 1. The lowest BCUT2D eigenvalue weighted by molar-refractivity contribution is 0.814. The van der Waals surface area contributed by atoms with Crippen molar-refractivity contribution < 1.29 is 0 Å². The third-order valence-electron chi connectivity index (χ3n) is 2.00. The van der Waals surface area contributed by atoms with Crippen LogP contribution in [0.1, 0.15) is 20.8 Å². The first kappa shape index (κ1) is 11.2. The lowest BCUT2D eigenvalue weighted by Crippen LogP contribution is -1.92. The third kappa shape index (κ3) is 2.81. The molecule has 14 heavy (non-hydrogen) atoms. The van der Waals surface area contributed by atoms with Crippen LogP contribution in [0.5, 0.6) is 0 Å². The van der Waals surface area contributed by atoms with E-state index in [1.165, 1.54) is 4.91 Å². The summed E-state index contributed by atoms with van der Waals surface area (Å²) in [5.41, 5.74) is 6.73. The van der Waals surface area contributed by atoms with Crippen molar-refractivity contribution in [2.45, 2.75) is 25.7 Å². The fourth-order valence-electron chi connectivity index (χ4n) is 1.21. The molecule has 0 radical (unpaired) electrons. The van der Waals surface area contributed by atoms with Gasteiger partial charge in [0.1, 0.15) is 0 Å². The Morgan fingerprint density at radius 1 is 1.36 bits per heavy atom. The normalized spacial score (nSPS) is 12.1. The molecule has 2 N–H and O–H groups in total. The fourth-order valence-corrected chi connectivity index (χ4v) is 2.15. The van der Waals surface area contributed by atoms with E-state index in [1.54, 1.807) is 11.8 Å². The van der Waals surface area contributed by atoms with Crippen LogP contribution < -0.4 is 5.73 Å². The van der Waals surface area contributed by atoms with E-state index >= 15 is 0 Å². The molecule has 0 unspecified atom stereocenters. The highest BCUT2D eigenvalue weighted by molar-refractivity contribution is 8.03. The number of hydrogen-bond acceptors (Lipinski definition) is 2. The van der Waals surface area contributed by atoms with Crippen molar-refractivity contribution in [1.82, 2.24) is 0 Å². The van der Waals surface area contributed by atoms with Crippen LogP contribution in [0, 0.1) is 5.92 Å². The molecular formula is C12H17NS. The number of anilines is 1. The van der Waals surface area contributed by atoms with Gasteiger partial charge in [-0.15, -0.1) is 0 Å². The summed E-state index contributed by atoms with van der Waals surface area (Å²) in [4.78, 5) is 2.51. The van der Waals surface area contributed by atoms with Crippen molar-refractivity contribution >= 4 is 17.4 Å². The molecule has 0 fully saturated rings. The summed E-state index contributed by atoms with van der Waals surface area (Å²) in [5, 5.41) is 0. The van der Waals surface area contributed by atoms with Gasteiger partial charge in [0.15, 0.2) is 0 Å². The molecule has 0 saturated carbocycles. The maximum atomic E-state index is 5.88. The molecule has 0 saturated heterocycles. The first-order chi connectivity index (χ1) is 6.65. The Hall–Kier alpha value is -0.890. The van der Waals surface area contributed by atoms with Crippen molar-refractivity contribution in [2.24, 2.45) is 5.92 Å². The molecule has 1 aromatic rings. The highest BCUT2D eigenvalue weighted by Gasteiger charge is 2.06. The Morgan fingerprint density at radius 2 is 2.00 bits per heavy atom. The monoisotopic (exact) mass is 207 g/mol. The minimum atomic E-state index is 0.560. The number of benzene rings is 1. The highest BCUT2D eigenvalue weighted by Crippen LogP contribution is 2.34. The first-order valence-corrected chi connectivity index (χ1v) is 5.65. The van der Waals surface area contributed by atoms with Crippen LogP contribution in [-0.2, 0) is 0 Å². The topological polar surface area (TPSA) is 26.0 Å². The average Bonchev–Trinajstić information content (AvgIpc) is 2.16. The predicted octanol–water partition coefficient (Wildman–Crippen LogP) is 3.92. The molecule has 0 aliphatic rings. The van der Waals surface area contributed by atoms with Gasteiger partial charge < -0.3 is 5.73 Å². The van der Waals surface area contributed by atoms with Crippen molar-refractivity contribution in [3.8, 4) is 0 Å². The molecule has 76 valence electrons. The summed E-state index contributed by atoms with van der Waals surface area (Å²) in [6.07, 6.45) is 2.15. The molecule has 0 amide bonds. The Morgan fingerprint density at radius 3 is 2.50 bits per heavy atom. The molecule has 0 spiro atoms. The Kier molecular flexibility index (Phi) is 4.08. The van der Waals surface area contributed by atoms with Crippen LogP contribution in [0.2, 0.25) is 0 Å². The minimum absolute atomic E-state index is 0.560. The SMILES string of the molecule is C/C=C(\Sc1ccccc1N)C(C)C. The summed E-state index contributed by atoms with van der Waals surface area (Å²) in [7, 11) is 0. The molecule has 0 aliphatic heterocycles. The van der Waals surface area contributed by atoms with Gasteiger partial charge >= 0.3 is 0 Å². The predicted molar refractivity (Wildman–Crippen MR) is 65.3 cm³/mol. The maximum Gasteiger partial charge on any atom is 0.0455 e. The summed E-state index contributed by atoms with van der Waals surface area (Å²) in [6.45, 7) is 6.46. The number of allylic oxidation sites excluding steroid dienone is 2. The second-order valence-corrected chi connectivity index (χ2v) is 4.60. The average molecular weight is 207 g/mol. The number of nitrogen functional groups attached to an aromatic ring is 1. The number of rotatable bonds is 3. The van der Waals surface area contributed by atoms with Crippen molar-refractivity contribution in [3.05, 3.63) is 35.2 Å². The molecule has 1 aromatic carbocycles. The van der Waals surface area contributed by atoms with Gasteiger partial charge in [0.2, 0.25) is 0 Å². The van der Waals surface area contributed by atoms with Crippen molar-refractivity contribution in [2.75, 3.05) is 5.73 Å². The van der Waals surface area contributed by atoms with Gasteiger partial charge in [-0.3, -0.25) is 0 Å². The van der Waals surface area contributed by atoms with Gasteiger partial charge in [0.25, 0.3) is 0 Å². The molecule has 0 aromatic heterocycles. The summed E-state index contributed by atoms with van der Waals surface area (Å²) >= 11 is 1.76. The zero-order chi connectivity index (χ0) is 10.6. The second kappa shape index (κ2) is 5.11. The van der Waals surface area contributed by atoms with E-state index in [4.69, 9.17) is 5.73 Å². The van der Waals surface area contributed by atoms with E-state index < -0.39 is 0 Å². The van der Waals surface area contributed by atoms with Gasteiger partial charge in [0.05, 0.1) is 0 Å². The van der Waals surface area contributed by atoms with E-state index in [9.17, 15) is 0 Å². The zero-order valence-corrected chi connectivity index (χ0v) is 9.77. The van der Waals surface area contributed by atoms with E-state index in [1.807, 2.05) is 18.2 Å². The molecule has 0 atom stereocenters. The molecule has 0 aliphatic carbocycles. The summed E-state index contributed by atoms with van der Waals surface area (Å²) < 4.78 is 0. The highest BCUT2D eigenvalue weighted by atomic mass is 32.2. The van der Waals surface area contributed by atoms with E-state index in [-0.39, 0.29) is 0 Å². The first-order valence-electron chi connectivity index (χ1n) is 4.83. The van der Waals surface area contributed by atoms with Crippen molar-refractivity contribution in [1.29, 1.82) is 0 Å². The largest absolute Gasteiger partial charge is 0.398 e. The number of thioether (sulfide) groups is 1. The lowest BCUT2D eigenvalue weighted by Gasteiger charge is -2.11. The fraction of sp³-hybridized carbons (Fsp3) is 0.333. The minimum Gasteiger partial charge on any atom is -0.398 e. The van der Waals surface area contributed by atoms with Gasteiger partial charge in [-0.1, -0.05) is 43.8 Å². The van der Waals surface area contributed by atoms with Crippen molar-refractivity contribution in [3.63, 3.8) is 0 Å². The molecule has 0 bridgehead atoms. The van der Waals surface area contributed by atoms with Gasteiger partial charge in [0, 0.05) is 10.6 Å². The zero-order valence-electron chi connectivity index (χ0n) is 8.95. The summed E-state index contributed by atoms with van der Waals surface area (Å²) in [6, 6.07) is 7.98. The number of nitrogens with two attached hydrogens (primary N) is 1. The molecule has 1 rings (SSSR count). The van der Waals surface area contributed by atoms with Gasteiger partial charge in [-0.2, -0.15) is 0 Å². The van der Waals surface area contributed by atoms with Crippen LogP contribution in [0.4, 0.5) is 5.69 Å². The van der Waals surface area contributed by atoms with Crippen LogP contribution in [0.25, 0.3) is 0 Å². The quantitative estimate of drug-likeness (QED) is 0.600. The lowest BCUT2D eigenvalue weighted by atomic mass is 10.2. The Bertz CT molecular complexity index is 329. The van der Waals surface area contributed by atoms with Crippen LogP contribution in [0.3, 0.4) is 0 Å². The Labute approximate surface area is 90.4 Å². The Balaban J connectivity index is 2.83. The van der Waals surface area contributed by atoms with Crippen LogP contribution in [0.15, 0.2) is 40.1 Å². The molecule has 2 heteroatoms. The van der Waals surface area contributed by atoms with E-state index in [0.717, 1.165) is 10.6 Å². The standard InChI is InChI=1S/C12H17NS/c1-4-11(9(2)3)14-12-8-6-5-7-10(12)13/h4-9H,13H2,1-3H3/b11-4-. The van der Waals surface area contributed by atoms with E-state index in [2.05, 4.69) is 32.9 Å². The molecule has 1 nitrogen and oxygen atoms in total. The molecular weight excluding hydrogens is 190 g/mol.